The first-order valence-electron chi connectivity index (χ1n) is 10.0. The number of benzene rings is 2. The van der Waals surface area contributed by atoms with E-state index in [4.69, 9.17) is 4.74 Å². The highest BCUT2D eigenvalue weighted by Gasteiger charge is 2.45. The van der Waals surface area contributed by atoms with Crippen LogP contribution >= 0.6 is 0 Å². The highest BCUT2D eigenvalue weighted by Crippen LogP contribution is 2.44. The van der Waals surface area contributed by atoms with E-state index in [-0.39, 0.29) is 23.7 Å². The number of nitrogens with zero attached hydrogens (tertiary/aromatic N) is 1. The molecule has 2 aliphatic rings. The third-order valence-corrected chi connectivity index (χ3v) is 6.16. The van der Waals surface area contributed by atoms with Gasteiger partial charge in [-0.3, -0.25) is 4.79 Å². The van der Waals surface area contributed by atoms with Gasteiger partial charge in [-0.1, -0.05) is 61.7 Å². The molecular formula is C24H25NO2. The molecule has 1 aliphatic carbocycles. The van der Waals surface area contributed by atoms with E-state index in [1.54, 1.807) is 0 Å². The van der Waals surface area contributed by atoms with E-state index in [1.165, 1.54) is 19.3 Å². The fraction of sp³-hybridized carbons (Fsp3) is 0.417. The minimum atomic E-state index is -0.301. The summed E-state index contributed by atoms with van der Waals surface area (Å²) in [5.74, 6) is 0.787. The Hall–Kier alpha value is -2.60. The van der Waals surface area contributed by atoms with Gasteiger partial charge in [0.15, 0.2) is 5.78 Å². The van der Waals surface area contributed by atoms with Crippen LogP contribution in [0.3, 0.4) is 0 Å². The molecule has 1 saturated carbocycles. The molecule has 3 atom stereocenters. The van der Waals surface area contributed by atoms with Crippen LogP contribution in [0.4, 0.5) is 0 Å². The molecule has 0 saturated heterocycles. The summed E-state index contributed by atoms with van der Waals surface area (Å²) in [7, 11) is 0. The number of nitriles is 1. The summed E-state index contributed by atoms with van der Waals surface area (Å²) >= 11 is 0. The summed E-state index contributed by atoms with van der Waals surface area (Å²) in [6, 6.07) is 19.9. The molecule has 4 rings (SSSR count). The molecule has 0 amide bonds. The Bertz CT molecular complexity index is 833. The summed E-state index contributed by atoms with van der Waals surface area (Å²) in [5, 5.41) is 9.50. The number of hydrogen-bond acceptors (Lipinski definition) is 3. The van der Waals surface area contributed by atoms with Gasteiger partial charge in [0.2, 0.25) is 0 Å². The van der Waals surface area contributed by atoms with Gasteiger partial charge in [-0.05, 0) is 36.5 Å². The third kappa shape index (κ3) is 3.49. The van der Waals surface area contributed by atoms with Crippen LogP contribution in [0, 0.1) is 23.2 Å². The fourth-order valence-electron chi connectivity index (χ4n) is 4.84. The maximum atomic E-state index is 13.6. The quantitative estimate of drug-likeness (QED) is 0.722. The number of para-hydroxylation sites is 1. The molecule has 1 aliphatic heterocycles. The van der Waals surface area contributed by atoms with Crippen molar-refractivity contribution >= 4 is 5.78 Å². The largest absolute Gasteiger partial charge is 0.489 e. The molecule has 2 aromatic carbocycles. The number of fused-ring (bicyclic) bond motifs is 1. The second-order valence-electron chi connectivity index (χ2n) is 7.75. The van der Waals surface area contributed by atoms with Gasteiger partial charge in [-0.25, -0.2) is 0 Å². The van der Waals surface area contributed by atoms with Gasteiger partial charge in [-0.2, -0.15) is 5.26 Å². The van der Waals surface area contributed by atoms with Crippen LogP contribution in [0.25, 0.3) is 0 Å². The Morgan fingerprint density at radius 3 is 2.44 bits per heavy atom. The van der Waals surface area contributed by atoms with Crippen molar-refractivity contribution in [2.45, 2.75) is 50.5 Å². The number of rotatable bonds is 4. The summed E-state index contributed by atoms with van der Waals surface area (Å²) in [4.78, 5) is 13.6. The molecule has 138 valence electrons. The fourth-order valence-corrected chi connectivity index (χ4v) is 4.84. The molecule has 3 unspecified atom stereocenters. The maximum absolute atomic E-state index is 13.6. The zero-order valence-corrected chi connectivity index (χ0v) is 15.5. The van der Waals surface area contributed by atoms with Crippen molar-refractivity contribution in [2.24, 2.45) is 11.8 Å². The van der Waals surface area contributed by atoms with E-state index in [9.17, 15) is 10.1 Å². The number of hydrogen-bond donors (Lipinski definition) is 0. The average molecular weight is 359 g/mol. The zero-order chi connectivity index (χ0) is 18.6. The Morgan fingerprint density at radius 1 is 1.00 bits per heavy atom. The second-order valence-corrected chi connectivity index (χ2v) is 7.75. The van der Waals surface area contributed by atoms with Gasteiger partial charge in [-0.15, -0.1) is 0 Å². The predicted octanol–water partition coefficient (Wildman–Crippen LogP) is 5.52. The Kier molecular flexibility index (Phi) is 5.25. The number of ether oxygens (including phenoxy) is 1. The molecule has 1 heterocycles. The Balaban J connectivity index is 1.77. The van der Waals surface area contributed by atoms with Gasteiger partial charge in [0.05, 0.1) is 17.6 Å². The van der Waals surface area contributed by atoms with Crippen LogP contribution < -0.4 is 4.74 Å². The van der Waals surface area contributed by atoms with Gasteiger partial charge in [0.1, 0.15) is 11.9 Å². The van der Waals surface area contributed by atoms with E-state index in [0.29, 0.717) is 23.7 Å². The molecule has 0 aromatic heterocycles. The van der Waals surface area contributed by atoms with Crippen LogP contribution in [0.5, 0.6) is 5.75 Å². The molecular weight excluding hydrogens is 334 g/mol. The van der Waals surface area contributed by atoms with Crippen LogP contribution in [0.2, 0.25) is 0 Å². The minimum Gasteiger partial charge on any atom is -0.489 e. The molecule has 0 bridgehead atoms. The van der Waals surface area contributed by atoms with Gasteiger partial charge in [0.25, 0.3) is 0 Å². The molecule has 0 spiro atoms. The lowest BCUT2D eigenvalue weighted by atomic mass is 9.69. The maximum Gasteiger partial charge on any atom is 0.174 e. The molecule has 3 heteroatoms. The monoisotopic (exact) mass is 359 g/mol. The average Bonchev–Trinajstić information content (AvgIpc) is 2.74. The zero-order valence-electron chi connectivity index (χ0n) is 15.5. The smallest absolute Gasteiger partial charge is 0.174 e. The summed E-state index contributed by atoms with van der Waals surface area (Å²) in [6.45, 7) is 0. The molecule has 0 radical (unpaired) electrons. The number of carbonyl (C=O) groups is 1. The first kappa shape index (κ1) is 17.8. The lowest BCUT2D eigenvalue weighted by Gasteiger charge is -2.41. The van der Waals surface area contributed by atoms with Crippen LogP contribution in [0.15, 0.2) is 54.6 Å². The molecule has 3 nitrogen and oxygen atoms in total. The Labute approximate surface area is 161 Å². The molecule has 27 heavy (non-hydrogen) atoms. The second kappa shape index (κ2) is 7.96. The molecule has 1 fully saturated rings. The normalized spacial score (nSPS) is 23.7. The summed E-state index contributed by atoms with van der Waals surface area (Å²) in [6.07, 6.45) is 6.04. The first-order chi connectivity index (χ1) is 13.3. The number of ketones is 1. The highest BCUT2D eigenvalue weighted by atomic mass is 16.5. The van der Waals surface area contributed by atoms with E-state index < -0.39 is 0 Å². The first-order valence-corrected chi connectivity index (χ1v) is 10.0. The number of carbonyl (C=O) groups excluding carboxylic acids is 1. The molecule has 2 aromatic rings. The molecule has 0 N–H and O–H groups in total. The van der Waals surface area contributed by atoms with E-state index in [0.717, 1.165) is 18.4 Å². The van der Waals surface area contributed by atoms with Gasteiger partial charge >= 0.3 is 0 Å². The highest BCUT2D eigenvalue weighted by molar-refractivity contribution is 6.02. The van der Waals surface area contributed by atoms with Crippen molar-refractivity contribution < 1.29 is 9.53 Å². The minimum absolute atomic E-state index is 0.135. The Morgan fingerprint density at radius 2 is 1.70 bits per heavy atom. The van der Waals surface area contributed by atoms with Crippen LogP contribution in [0.1, 0.15) is 60.4 Å². The van der Waals surface area contributed by atoms with Gasteiger partial charge in [0, 0.05) is 12.3 Å². The lowest BCUT2D eigenvalue weighted by molar-refractivity contribution is 0.0278. The van der Waals surface area contributed by atoms with Crippen molar-refractivity contribution in [3.8, 4) is 11.8 Å². The van der Waals surface area contributed by atoms with Crippen molar-refractivity contribution in [3.05, 3.63) is 65.7 Å². The third-order valence-electron chi connectivity index (χ3n) is 6.16. The lowest BCUT2D eigenvalue weighted by Crippen LogP contribution is -2.46. The SMILES string of the molecule is N#CCC(c1ccccc1)C1C(=O)c2ccccc2OC1C1CCCCC1. The predicted molar refractivity (Wildman–Crippen MR) is 105 cm³/mol. The van der Waals surface area contributed by atoms with E-state index >= 15 is 0 Å². The van der Waals surface area contributed by atoms with Crippen molar-refractivity contribution in [1.29, 1.82) is 5.26 Å². The summed E-state index contributed by atoms with van der Waals surface area (Å²) < 4.78 is 6.47. The number of Topliss-reactive ketones (excluding diaryl/α,β-unsaturated/α-hetero) is 1. The van der Waals surface area contributed by atoms with Crippen molar-refractivity contribution in [2.75, 3.05) is 0 Å². The summed E-state index contributed by atoms with van der Waals surface area (Å²) in [5.41, 5.74) is 1.72. The topological polar surface area (TPSA) is 50.1 Å². The van der Waals surface area contributed by atoms with Gasteiger partial charge < -0.3 is 4.74 Å². The van der Waals surface area contributed by atoms with Crippen molar-refractivity contribution in [3.63, 3.8) is 0 Å². The van der Waals surface area contributed by atoms with Crippen molar-refractivity contribution in [1.82, 2.24) is 0 Å². The standard InChI is InChI=1S/C24H25NO2/c25-16-15-19(17-9-3-1-4-10-17)22-23(26)20-13-7-8-14-21(20)27-24(22)18-11-5-2-6-12-18/h1,3-4,7-10,13-14,18-19,22,24H,2,5-6,11-12,15H2. The van der Waals surface area contributed by atoms with Crippen LogP contribution in [-0.2, 0) is 0 Å². The van der Waals surface area contributed by atoms with E-state index in [2.05, 4.69) is 6.07 Å². The van der Waals surface area contributed by atoms with E-state index in [1.807, 2.05) is 54.6 Å². The van der Waals surface area contributed by atoms with Crippen LogP contribution in [-0.4, -0.2) is 11.9 Å².